The van der Waals surface area contributed by atoms with Crippen molar-refractivity contribution >= 4 is 17.5 Å². The molecule has 0 saturated carbocycles. The second-order valence-electron chi connectivity index (χ2n) is 3.87. The van der Waals surface area contributed by atoms with Crippen molar-refractivity contribution in [3.8, 4) is 0 Å². The minimum absolute atomic E-state index is 0.266. The predicted octanol–water partition coefficient (Wildman–Crippen LogP) is 2.47. The highest BCUT2D eigenvalue weighted by Crippen LogP contribution is 2.23. The molecule has 0 amide bonds. The standard InChI is InChI=1S/C12H14OS/c1-9-2-4-10(5-3-9)6-11-7-14-8-12(11)13/h2-5,11H,6-8H2,1H3. The van der Waals surface area contributed by atoms with Crippen LogP contribution in [0.5, 0.6) is 0 Å². The van der Waals surface area contributed by atoms with Crippen molar-refractivity contribution in [1.29, 1.82) is 0 Å². The van der Waals surface area contributed by atoms with Crippen molar-refractivity contribution in [2.75, 3.05) is 11.5 Å². The van der Waals surface area contributed by atoms with Crippen molar-refractivity contribution in [2.45, 2.75) is 13.3 Å². The van der Waals surface area contributed by atoms with Gasteiger partial charge in [-0.1, -0.05) is 29.8 Å². The Labute approximate surface area is 88.9 Å². The van der Waals surface area contributed by atoms with Gasteiger partial charge in [0, 0.05) is 11.7 Å². The topological polar surface area (TPSA) is 17.1 Å². The number of Topliss-reactive ketones (excluding diaryl/α,β-unsaturated/α-hetero) is 1. The average molecular weight is 206 g/mol. The van der Waals surface area contributed by atoms with E-state index >= 15 is 0 Å². The third kappa shape index (κ3) is 2.18. The quantitative estimate of drug-likeness (QED) is 0.739. The zero-order valence-electron chi connectivity index (χ0n) is 8.32. The molecule has 2 heteroatoms. The molecule has 0 aromatic heterocycles. The molecule has 0 radical (unpaired) electrons. The van der Waals surface area contributed by atoms with Crippen LogP contribution in [0.15, 0.2) is 24.3 Å². The summed E-state index contributed by atoms with van der Waals surface area (Å²) >= 11 is 1.76. The lowest BCUT2D eigenvalue weighted by molar-refractivity contribution is -0.119. The first kappa shape index (κ1) is 9.78. The Morgan fingerprint density at radius 2 is 2.07 bits per heavy atom. The Morgan fingerprint density at radius 3 is 2.64 bits per heavy atom. The summed E-state index contributed by atoms with van der Waals surface area (Å²) in [5, 5.41) is 0. The van der Waals surface area contributed by atoms with Gasteiger partial charge in [0.15, 0.2) is 0 Å². The minimum Gasteiger partial charge on any atom is -0.298 e. The maximum Gasteiger partial charge on any atom is 0.146 e. The van der Waals surface area contributed by atoms with E-state index < -0.39 is 0 Å². The van der Waals surface area contributed by atoms with Gasteiger partial charge in [-0.05, 0) is 18.9 Å². The molecule has 1 nitrogen and oxygen atoms in total. The van der Waals surface area contributed by atoms with Gasteiger partial charge in [-0.15, -0.1) is 0 Å². The second kappa shape index (κ2) is 4.18. The predicted molar refractivity (Wildman–Crippen MR) is 60.7 cm³/mol. The van der Waals surface area contributed by atoms with E-state index in [-0.39, 0.29) is 5.92 Å². The number of benzene rings is 1. The van der Waals surface area contributed by atoms with Crippen molar-refractivity contribution in [3.63, 3.8) is 0 Å². The van der Waals surface area contributed by atoms with Crippen molar-refractivity contribution < 1.29 is 4.79 Å². The van der Waals surface area contributed by atoms with Gasteiger partial charge in [0.1, 0.15) is 5.78 Å². The van der Waals surface area contributed by atoms with E-state index in [4.69, 9.17) is 0 Å². The van der Waals surface area contributed by atoms with E-state index in [1.165, 1.54) is 11.1 Å². The third-order valence-electron chi connectivity index (χ3n) is 2.62. The average Bonchev–Trinajstić information content (AvgIpc) is 2.56. The maximum atomic E-state index is 11.4. The molecular weight excluding hydrogens is 192 g/mol. The molecule has 2 rings (SSSR count). The molecule has 14 heavy (non-hydrogen) atoms. The van der Waals surface area contributed by atoms with Crippen molar-refractivity contribution in [1.82, 2.24) is 0 Å². The highest BCUT2D eigenvalue weighted by atomic mass is 32.2. The molecule has 1 aliphatic heterocycles. The second-order valence-corrected chi connectivity index (χ2v) is 4.90. The summed E-state index contributed by atoms with van der Waals surface area (Å²) in [6, 6.07) is 8.49. The Kier molecular flexibility index (Phi) is 2.92. The van der Waals surface area contributed by atoms with Gasteiger partial charge in [-0.2, -0.15) is 11.8 Å². The number of rotatable bonds is 2. The van der Waals surface area contributed by atoms with Gasteiger partial charge in [0.2, 0.25) is 0 Å². The summed E-state index contributed by atoms with van der Waals surface area (Å²) in [5.74, 6) is 2.42. The van der Waals surface area contributed by atoms with Crippen molar-refractivity contribution in [3.05, 3.63) is 35.4 Å². The maximum absolute atomic E-state index is 11.4. The molecule has 0 spiro atoms. The van der Waals surface area contributed by atoms with Crippen LogP contribution in [0.2, 0.25) is 0 Å². The lowest BCUT2D eigenvalue weighted by atomic mass is 9.97. The molecule has 1 saturated heterocycles. The first-order chi connectivity index (χ1) is 6.75. The summed E-state index contributed by atoms with van der Waals surface area (Å²) in [5.41, 5.74) is 2.57. The lowest BCUT2D eigenvalue weighted by Crippen LogP contribution is -2.13. The van der Waals surface area contributed by atoms with Crippen LogP contribution in [0.4, 0.5) is 0 Å². The Hall–Kier alpha value is -0.760. The fraction of sp³-hybridized carbons (Fsp3) is 0.417. The van der Waals surface area contributed by atoms with Crippen LogP contribution in [-0.4, -0.2) is 17.3 Å². The summed E-state index contributed by atoms with van der Waals surface area (Å²) in [6.07, 6.45) is 0.923. The Balaban J connectivity index is 2.03. The zero-order chi connectivity index (χ0) is 9.97. The largest absolute Gasteiger partial charge is 0.298 e. The summed E-state index contributed by atoms with van der Waals surface area (Å²) < 4.78 is 0. The van der Waals surface area contributed by atoms with E-state index in [2.05, 4.69) is 31.2 Å². The number of hydrogen-bond donors (Lipinski definition) is 0. The zero-order valence-corrected chi connectivity index (χ0v) is 9.14. The SMILES string of the molecule is Cc1ccc(CC2CSCC2=O)cc1. The fourth-order valence-corrected chi connectivity index (χ4v) is 2.84. The lowest BCUT2D eigenvalue weighted by Gasteiger charge is -2.06. The van der Waals surface area contributed by atoms with E-state index in [0.717, 1.165) is 17.9 Å². The first-order valence-electron chi connectivity index (χ1n) is 4.92. The van der Waals surface area contributed by atoms with Gasteiger partial charge in [-0.25, -0.2) is 0 Å². The van der Waals surface area contributed by atoms with Crippen LogP contribution in [0.1, 0.15) is 11.1 Å². The molecule has 1 atom stereocenters. The number of hydrogen-bond acceptors (Lipinski definition) is 2. The minimum atomic E-state index is 0.266. The fourth-order valence-electron chi connectivity index (χ4n) is 1.69. The molecule has 1 aromatic rings. The first-order valence-corrected chi connectivity index (χ1v) is 6.07. The Bertz CT molecular complexity index is 329. The van der Waals surface area contributed by atoms with Gasteiger partial charge in [0.05, 0.1) is 5.75 Å². The number of aryl methyl sites for hydroxylation is 1. The monoisotopic (exact) mass is 206 g/mol. The molecule has 1 unspecified atom stereocenters. The van der Waals surface area contributed by atoms with E-state index in [9.17, 15) is 4.79 Å². The molecule has 0 N–H and O–H groups in total. The molecule has 0 aliphatic carbocycles. The van der Waals surface area contributed by atoms with Gasteiger partial charge >= 0.3 is 0 Å². The van der Waals surface area contributed by atoms with Crippen LogP contribution in [0, 0.1) is 12.8 Å². The smallest absolute Gasteiger partial charge is 0.146 e. The number of thioether (sulfide) groups is 1. The molecule has 1 fully saturated rings. The van der Waals surface area contributed by atoms with Gasteiger partial charge in [0.25, 0.3) is 0 Å². The van der Waals surface area contributed by atoms with Crippen molar-refractivity contribution in [2.24, 2.45) is 5.92 Å². The van der Waals surface area contributed by atoms with Gasteiger partial charge < -0.3 is 0 Å². The summed E-state index contributed by atoms with van der Waals surface area (Å²) in [6.45, 7) is 2.08. The van der Waals surface area contributed by atoms with Crippen LogP contribution >= 0.6 is 11.8 Å². The van der Waals surface area contributed by atoms with Crippen LogP contribution in [-0.2, 0) is 11.2 Å². The molecule has 0 bridgehead atoms. The van der Waals surface area contributed by atoms with Crippen LogP contribution in [0.3, 0.4) is 0 Å². The third-order valence-corrected chi connectivity index (χ3v) is 3.75. The molecule has 1 aliphatic rings. The molecule has 74 valence electrons. The van der Waals surface area contributed by atoms with Crippen LogP contribution < -0.4 is 0 Å². The van der Waals surface area contributed by atoms with Gasteiger partial charge in [-0.3, -0.25) is 4.79 Å². The summed E-state index contributed by atoms with van der Waals surface area (Å²) in [7, 11) is 0. The normalized spacial score (nSPS) is 21.5. The number of ketones is 1. The molecule has 1 heterocycles. The number of carbonyl (C=O) groups is 1. The Morgan fingerprint density at radius 1 is 1.36 bits per heavy atom. The number of carbonyl (C=O) groups excluding carboxylic acids is 1. The summed E-state index contributed by atoms with van der Waals surface area (Å²) in [4.78, 5) is 11.4. The van der Waals surface area contributed by atoms with Crippen LogP contribution in [0.25, 0.3) is 0 Å². The van der Waals surface area contributed by atoms with E-state index in [1.807, 2.05) is 0 Å². The van der Waals surface area contributed by atoms with E-state index in [0.29, 0.717) is 5.78 Å². The molecular formula is C12H14OS. The highest BCUT2D eigenvalue weighted by molar-refractivity contribution is 8.00. The highest BCUT2D eigenvalue weighted by Gasteiger charge is 2.24. The van der Waals surface area contributed by atoms with E-state index in [1.54, 1.807) is 11.8 Å². The molecule has 1 aromatic carbocycles.